The molecule has 0 heterocycles. The highest BCUT2D eigenvalue weighted by atomic mass is 16.5. The maximum Gasteiger partial charge on any atom is 0.0538 e. The molecule has 0 radical (unpaired) electrons. The summed E-state index contributed by atoms with van der Waals surface area (Å²) in [6.07, 6.45) is 32.3. The number of hydrogen-bond donors (Lipinski definition) is 1. The van der Waals surface area contributed by atoms with Crippen LogP contribution in [0.4, 0.5) is 0 Å². The third kappa shape index (κ3) is 27.8. The Balaban J connectivity index is 4.41. The number of hydrogen-bond acceptors (Lipinski definition) is 3. The number of aliphatic hydroxyl groups excluding tert-OH is 1. The maximum absolute atomic E-state index is 9.99. The van der Waals surface area contributed by atoms with Crippen molar-refractivity contribution in [1.29, 1.82) is 0 Å². The maximum atomic E-state index is 9.99. The van der Waals surface area contributed by atoms with Crippen LogP contribution in [-0.4, -0.2) is 38.1 Å². The normalized spacial score (nSPS) is 12.0. The molecule has 0 fully saturated rings. The van der Waals surface area contributed by atoms with Gasteiger partial charge in [-0.2, -0.15) is 0 Å². The Hall–Kier alpha value is -0.120. The minimum absolute atomic E-state index is 0.106. The van der Waals surface area contributed by atoms with Gasteiger partial charge in [-0.25, -0.2) is 0 Å². The van der Waals surface area contributed by atoms with E-state index in [1.807, 2.05) is 0 Å². The minimum atomic E-state index is 0.106. The Bertz CT molecular complexity index is 375. The Morgan fingerprint density at radius 3 is 0.872 bits per heavy atom. The molecule has 3 nitrogen and oxygen atoms in total. The van der Waals surface area contributed by atoms with E-state index in [1.165, 1.54) is 154 Å². The van der Waals surface area contributed by atoms with Gasteiger partial charge in [0.05, 0.1) is 19.8 Å². The van der Waals surface area contributed by atoms with Crippen molar-refractivity contribution in [3.63, 3.8) is 0 Å². The van der Waals surface area contributed by atoms with Gasteiger partial charge in [0.15, 0.2) is 0 Å². The minimum Gasteiger partial charge on any atom is -0.396 e. The van der Waals surface area contributed by atoms with E-state index in [0.29, 0.717) is 25.0 Å². The predicted molar refractivity (Wildman–Crippen MR) is 173 cm³/mol. The molecule has 0 saturated carbocycles. The van der Waals surface area contributed by atoms with E-state index in [0.717, 1.165) is 13.2 Å². The molecule has 0 aromatic carbocycles. The van der Waals surface area contributed by atoms with Crippen LogP contribution < -0.4 is 0 Å². The molecule has 39 heavy (non-hydrogen) atoms. The van der Waals surface area contributed by atoms with Crippen molar-refractivity contribution in [2.75, 3.05) is 33.0 Å². The van der Waals surface area contributed by atoms with Crippen molar-refractivity contribution in [3.05, 3.63) is 0 Å². The highest BCUT2D eigenvalue weighted by molar-refractivity contribution is 4.64. The molecule has 0 saturated heterocycles. The molecule has 0 bridgehead atoms. The monoisotopic (exact) mass is 555 g/mol. The van der Waals surface area contributed by atoms with Gasteiger partial charge in [0.2, 0.25) is 0 Å². The summed E-state index contributed by atoms with van der Waals surface area (Å²) in [7, 11) is 0. The van der Waals surface area contributed by atoms with Crippen molar-refractivity contribution >= 4 is 0 Å². The van der Waals surface area contributed by atoms with Gasteiger partial charge in [-0.15, -0.1) is 0 Å². The molecule has 0 spiro atoms. The number of unbranched alkanes of at least 4 members (excludes halogenated alkanes) is 16. The first-order chi connectivity index (χ1) is 19.2. The predicted octanol–water partition coefficient (Wildman–Crippen LogP) is 11.3. The number of ether oxygens (including phenoxy) is 2. The molecule has 0 atom stereocenters. The van der Waals surface area contributed by atoms with E-state index in [4.69, 9.17) is 9.47 Å². The zero-order valence-corrected chi connectivity index (χ0v) is 27.5. The SMILES string of the molecule is CCCCCCCC(CCCCCCC)COCC(CO)COCC(CCCCCCC)CCCCCCC. The first kappa shape index (κ1) is 38.9. The Kier molecular flexibility index (Phi) is 32.3. The van der Waals surface area contributed by atoms with Crippen molar-refractivity contribution in [3.8, 4) is 0 Å². The van der Waals surface area contributed by atoms with Crippen LogP contribution >= 0.6 is 0 Å². The summed E-state index contributed by atoms with van der Waals surface area (Å²) in [6, 6.07) is 0. The first-order valence-corrected chi connectivity index (χ1v) is 18.0. The van der Waals surface area contributed by atoms with Gasteiger partial charge in [-0.1, -0.05) is 156 Å². The second-order valence-electron chi connectivity index (χ2n) is 12.7. The van der Waals surface area contributed by atoms with E-state index in [1.54, 1.807) is 0 Å². The van der Waals surface area contributed by atoms with Gasteiger partial charge < -0.3 is 14.6 Å². The quantitative estimate of drug-likeness (QED) is 0.0820. The third-order valence-corrected chi connectivity index (χ3v) is 8.54. The second kappa shape index (κ2) is 32.4. The van der Waals surface area contributed by atoms with Crippen molar-refractivity contribution in [2.24, 2.45) is 17.8 Å². The fourth-order valence-corrected chi connectivity index (χ4v) is 5.72. The smallest absolute Gasteiger partial charge is 0.0538 e. The molecule has 236 valence electrons. The van der Waals surface area contributed by atoms with Crippen LogP contribution in [0.15, 0.2) is 0 Å². The second-order valence-corrected chi connectivity index (χ2v) is 12.7. The summed E-state index contributed by atoms with van der Waals surface area (Å²) in [6.45, 7) is 12.3. The summed E-state index contributed by atoms with van der Waals surface area (Å²) in [4.78, 5) is 0. The molecule has 0 aliphatic rings. The number of rotatable bonds is 33. The molecule has 0 aromatic heterocycles. The van der Waals surface area contributed by atoms with Gasteiger partial charge in [0.1, 0.15) is 0 Å². The molecule has 3 heteroatoms. The van der Waals surface area contributed by atoms with Gasteiger partial charge in [0.25, 0.3) is 0 Å². The number of aliphatic hydroxyl groups is 1. The average Bonchev–Trinajstić information content (AvgIpc) is 2.95. The van der Waals surface area contributed by atoms with Crippen molar-refractivity contribution in [2.45, 2.75) is 182 Å². The van der Waals surface area contributed by atoms with Gasteiger partial charge in [-0.05, 0) is 37.5 Å². The Morgan fingerprint density at radius 2 is 0.615 bits per heavy atom. The van der Waals surface area contributed by atoms with E-state index < -0.39 is 0 Å². The molecule has 0 amide bonds. The molecule has 0 aliphatic carbocycles. The first-order valence-electron chi connectivity index (χ1n) is 18.0. The highest BCUT2D eigenvalue weighted by Crippen LogP contribution is 2.21. The van der Waals surface area contributed by atoms with Gasteiger partial charge in [-0.3, -0.25) is 0 Å². The van der Waals surface area contributed by atoms with Gasteiger partial charge in [0, 0.05) is 19.1 Å². The van der Waals surface area contributed by atoms with E-state index in [-0.39, 0.29) is 12.5 Å². The molecule has 0 aliphatic heterocycles. The van der Waals surface area contributed by atoms with Crippen LogP contribution in [0.3, 0.4) is 0 Å². The van der Waals surface area contributed by atoms with E-state index >= 15 is 0 Å². The fourth-order valence-electron chi connectivity index (χ4n) is 5.72. The zero-order valence-electron chi connectivity index (χ0n) is 27.5. The van der Waals surface area contributed by atoms with Crippen LogP contribution in [0.1, 0.15) is 182 Å². The van der Waals surface area contributed by atoms with Crippen LogP contribution in [0, 0.1) is 17.8 Å². The molecular formula is C36H74O3. The largest absolute Gasteiger partial charge is 0.396 e. The highest BCUT2D eigenvalue weighted by Gasteiger charge is 2.15. The van der Waals surface area contributed by atoms with Crippen LogP contribution in [0.2, 0.25) is 0 Å². The van der Waals surface area contributed by atoms with Crippen LogP contribution in [0.5, 0.6) is 0 Å². The Labute approximate surface area is 247 Å². The lowest BCUT2D eigenvalue weighted by molar-refractivity contribution is -0.00531. The Morgan fingerprint density at radius 1 is 0.359 bits per heavy atom. The lowest BCUT2D eigenvalue weighted by Gasteiger charge is -2.22. The summed E-state index contributed by atoms with van der Waals surface area (Å²) in [5, 5.41) is 9.99. The summed E-state index contributed by atoms with van der Waals surface area (Å²) >= 11 is 0. The summed E-state index contributed by atoms with van der Waals surface area (Å²) < 4.78 is 12.5. The van der Waals surface area contributed by atoms with E-state index in [9.17, 15) is 5.11 Å². The summed E-state index contributed by atoms with van der Waals surface area (Å²) in [5.41, 5.74) is 0. The van der Waals surface area contributed by atoms with Crippen molar-refractivity contribution in [1.82, 2.24) is 0 Å². The van der Waals surface area contributed by atoms with Crippen LogP contribution in [0.25, 0.3) is 0 Å². The lowest BCUT2D eigenvalue weighted by Crippen LogP contribution is -2.24. The topological polar surface area (TPSA) is 38.7 Å². The standard InChI is InChI=1S/C36H74O3/c1-5-9-13-17-21-25-34(26-22-18-14-10-6-2)30-38-32-36(29-37)33-39-31-35(27-23-19-15-11-7-3)28-24-20-16-12-8-4/h34-37H,5-33H2,1-4H3. The average molecular weight is 555 g/mol. The van der Waals surface area contributed by atoms with Crippen molar-refractivity contribution < 1.29 is 14.6 Å². The van der Waals surface area contributed by atoms with E-state index in [2.05, 4.69) is 27.7 Å². The molecule has 0 unspecified atom stereocenters. The lowest BCUT2D eigenvalue weighted by atomic mass is 9.95. The molecular weight excluding hydrogens is 480 g/mol. The molecule has 0 aromatic rings. The molecule has 0 rings (SSSR count). The van der Waals surface area contributed by atoms with Gasteiger partial charge >= 0.3 is 0 Å². The summed E-state index contributed by atoms with van der Waals surface area (Å²) in [5.74, 6) is 1.46. The third-order valence-electron chi connectivity index (χ3n) is 8.54. The molecule has 1 N–H and O–H groups in total. The van der Waals surface area contributed by atoms with Crippen LogP contribution in [-0.2, 0) is 9.47 Å². The fraction of sp³-hybridized carbons (Fsp3) is 1.00. The zero-order chi connectivity index (χ0) is 28.7.